The second-order valence-electron chi connectivity index (χ2n) is 6.82. The molecule has 1 aliphatic heterocycles. The highest BCUT2D eigenvalue weighted by atomic mass is 16.5. The zero-order chi connectivity index (χ0) is 18.1. The summed E-state index contributed by atoms with van der Waals surface area (Å²) in [6.07, 6.45) is 1.71. The number of aromatic nitrogens is 2. The molecule has 0 unspecified atom stereocenters. The van der Waals surface area contributed by atoms with Crippen LogP contribution in [0, 0.1) is 6.92 Å². The third kappa shape index (κ3) is 3.12. The SMILES string of the molecule is Cc1ccc(-c2noc(CCC(=O)N3c4ccccc4C[C@@H]3C)n2)cc1. The Morgan fingerprint density at radius 1 is 1.19 bits per heavy atom. The lowest BCUT2D eigenvalue weighted by Crippen LogP contribution is -2.35. The first-order valence-corrected chi connectivity index (χ1v) is 8.91. The maximum absolute atomic E-state index is 12.7. The Kier molecular flexibility index (Phi) is 4.29. The number of carbonyl (C=O) groups is 1. The van der Waals surface area contributed by atoms with Crippen LogP contribution in [0.5, 0.6) is 0 Å². The third-order valence-electron chi connectivity index (χ3n) is 4.81. The van der Waals surface area contributed by atoms with Gasteiger partial charge in [-0.05, 0) is 31.9 Å². The van der Waals surface area contributed by atoms with Crippen LogP contribution in [0.4, 0.5) is 5.69 Å². The minimum Gasteiger partial charge on any atom is -0.339 e. The first-order valence-electron chi connectivity index (χ1n) is 8.91. The Morgan fingerprint density at radius 2 is 1.96 bits per heavy atom. The first kappa shape index (κ1) is 16.5. The second kappa shape index (κ2) is 6.75. The lowest BCUT2D eigenvalue weighted by Gasteiger charge is -2.22. The topological polar surface area (TPSA) is 59.2 Å². The molecule has 132 valence electrons. The number of hydrogen-bond donors (Lipinski definition) is 0. The fourth-order valence-corrected chi connectivity index (χ4v) is 3.46. The normalized spacial score (nSPS) is 15.9. The molecular formula is C21H21N3O2. The fourth-order valence-electron chi connectivity index (χ4n) is 3.46. The van der Waals surface area contributed by atoms with Gasteiger partial charge in [0.2, 0.25) is 17.6 Å². The van der Waals surface area contributed by atoms with Crippen molar-refractivity contribution in [2.45, 2.75) is 39.2 Å². The molecule has 5 heteroatoms. The van der Waals surface area contributed by atoms with E-state index in [-0.39, 0.29) is 11.9 Å². The van der Waals surface area contributed by atoms with E-state index in [1.165, 1.54) is 11.1 Å². The molecule has 0 saturated heterocycles. The van der Waals surface area contributed by atoms with Gasteiger partial charge in [0.15, 0.2) is 0 Å². The van der Waals surface area contributed by atoms with E-state index in [1.807, 2.05) is 54.3 Å². The summed E-state index contributed by atoms with van der Waals surface area (Å²) in [6, 6.07) is 16.3. The Morgan fingerprint density at radius 3 is 2.77 bits per heavy atom. The van der Waals surface area contributed by atoms with Crippen molar-refractivity contribution >= 4 is 11.6 Å². The van der Waals surface area contributed by atoms with Crippen LogP contribution in [-0.2, 0) is 17.6 Å². The van der Waals surface area contributed by atoms with Crippen LogP contribution < -0.4 is 4.90 Å². The van der Waals surface area contributed by atoms with E-state index in [0.29, 0.717) is 24.6 Å². The number of amides is 1. The van der Waals surface area contributed by atoms with E-state index >= 15 is 0 Å². The third-order valence-corrected chi connectivity index (χ3v) is 4.81. The number of carbonyl (C=O) groups excluding carboxylic acids is 1. The molecule has 1 amide bonds. The van der Waals surface area contributed by atoms with E-state index in [0.717, 1.165) is 17.7 Å². The average molecular weight is 347 g/mol. The van der Waals surface area contributed by atoms with Crippen molar-refractivity contribution in [1.29, 1.82) is 0 Å². The van der Waals surface area contributed by atoms with Crippen LogP contribution in [0.2, 0.25) is 0 Å². The van der Waals surface area contributed by atoms with E-state index in [4.69, 9.17) is 4.52 Å². The molecule has 0 N–H and O–H groups in total. The van der Waals surface area contributed by atoms with Gasteiger partial charge in [0.25, 0.3) is 0 Å². The van der Waals surface area contributed by atoms with Crippen molar-refractivity contribution in [3.63, 3.8) is 0 Å². The van der Waals surface area contributed by atoms with Gasteiger partial charge < -0.3 is 9.42 Å². The highest BCUT2D eigenvalue weighted by Gasteiger charge is 2.30. The molecule has 5 nitrogen and oxygen atoms in total. The lowest BCUT2D eigenvalue weighted by atomic mass is 10.1. The molecule has 0 radical (unpaired) electrons. The molecule has 1 aliphatic rings. The van der Waals surface area contributed by atoms with Gasteiger partial charge in [0.05, 0.1) is 0 Å². The maximum atomic E-state index is 12.7. The molecule has 0 aliphatic carbocycles. The monoisotopic (exact) mass is 347 g/mol. The molecule has 0 spiro atoms. The maximum Gasteiger partial charge on any atom is 0.227 e. The molecular weight excluding hydrogens is 326 g/mol. The molecule has 1 aromatic heterocycles. The number of aryl methyl sites for hydroxylation is 2. The molecule has 0 fully saturated rings. The minimum atomic E-state index is 0.0949. The molecule has 2 aromatic carbocycles. The molecule has 1 atom stereocenters. The summed E-state index contributed by atoms with van der Waals surface area (Å²) in [6.45, 7) is 4.12. The summed E-state index contributed by atoms with van der Waals surface area (Å²) in [5.41, 5.74) is 4.35. The van der Waals surface area contributed by atoms with E-state index < -0.39 is 0 Å². The van der Waals surface area contributed by atoms with Gasteiger partial charge in [-0.2, -0.15) is 4.98 Å². The Hall–Kier alpha value is -2.95. The van der Waals surface area contributed by atoms with E-state index in [2.05, 4.69) is 23.1 Å². The predicted octanol–water partition coefficient (Wildman–Crippen LogP) is 3.96. The zero-order valence-corrected chi connectivity index (χ0v) is 15.0. The summed E-state index contributed by atoms with van der Waals surface area (Å²) in [4.78, 5) is 19.1. The summed E-state index contributed by atoms with van der Waals surface area (Å²) in [5.74, 6) is 1.15. The number of para-hydroxylation sites is 1. The number of anilines is 1. The average Bonchev–Trinajstić information content (AvgIpc) is 3.24. The number of benzene rings is 2. The van der Waals surface area contributed by atoms with Gasteiger partial charge >= 0.3 is 0 Å². The Balaban J connectivity index is 1.43. The van der Waals surface area contributed by atoms with Crippen LogP contribution in [0.1, 0.15) is 30.4 Å². The second-order valence-corrected chi connectivity index (χ2v) is 6.82. The van der Waals surface area contributed by atoms with Crippen LogP contribution in [0.3, 0.4) is 0 Å². The first-order chi connectivity index (χ1) is 12.6. The highest BCUT2D eigenvalue weighted by molar-refractivity contribution is 5.96. The van der Waals surface area contributed by atoms with Crippen molar-refractivity contribution < 1.29 is 9.32 Å². The highest BCUT2D eigenvalue weighted by Crippen LogP contribution is 2.32. The molecule has 4 rings (SSSR count). The van der Waals surface area contributed by atoms with Gasteiger partial charge in [-0.1, -0.05) is 53.2 Å². The van der Waals surface area contributed by atoms with Crippen molar-refractivity contribution in [2.24, 2.45) is 0 Å². The van der Waals surface area contributed by atoms with Gasteiger partial charge in [-0.3, -0.25) is 4.79 Å². The standard InChI is InChI=1S/C21H21N3O2/c1-14-7-9-16(10-8-14)21-22-19(26-23-21)11-12-20(25)24-15(2)13-17-5-3-4-6-18(17)24/h3-10,15H,11-13H2,1-2H3/t15-/m0/s1. The molecule has 26 heavy (non-hydrogen) atoms. The van der Waals surface area contributed by atoms with Crippen molar-refractivity contribution in [3.8, 4) is 11.4 Å². The number of fused-ring (bicyclic) bond motifs is 1. The van der Waals surface area contributed by atoms with Gasteiger partial charge in [-0.15, -0.1) is 0 Å². The molecule has 2 heterocycles. The number of rotatable bonds is 4. The molecule has 0 saturated carbocycles. The summed E-state index contributed by atoms with van der Waals surface area (Å²) in [5, 5.41) is 4.03. The smallest absolute Gasteiger partial charge is 0.227 e. The summed E-state index contributed by atoms with van der Waals surface area (Å²) < 4.78 is 5.33. The van der Waals surface area contributed by atoms with Crippen LogP contribution in [0.15, 0.2) is 53.1 Å². The van der Waals surface area contributed by atoms with Crippen LogP contribution in [0.25, 0.3) is 11.4 Å². The number of nitrogens with zero attached hydrogens (tertiary/aromatic N) is 3. The minimum absolute atomic E-state index is 0.0949. The predicted molar refractivity (Wildman–Crippen MR) is 99.9 cm³/mol. The lowest BCUT2D eigenvalue weighted by molar-refractivity contribution is -0.118. The van der Waals surface area contributed by atoms with Gasteiger partial charge in [0.1, 0.15) is 0 Å². The van der Waals surface area contributed by atoms with Crippen LogP contribution in [-0.4, -0.2) is 22.1 Å². The molecule has 0 bridgehead atoms. The van der Waals surface area contributed by atoms with Gasteiger partial charge in [-0.25, -0.2) is 0 Å². The van der Waals surface area contributed by atoms with Crippen molar-refractivity contribution in [3.05, 3.63) is 65.5 Å². The summed E-state index contributed by atoms with van der Waals surface area (Å²) >= 11 is 0. The largest absolute Gasteiger partial charge is 0.339 e. The quantitative estimate of drug-likeness (QED) is 0.717. The summed E-state index contributed by atoms with van der Waals surface area (Å²) in [7, 11) is 0. The van der Waals surface area contributed by atoms with E-state index in [9.17, 15) is 4.79 Å². The molecule has 3 aromatic rings. The fraction of sp³-hybridized carbons (Fsp3) is 0.286. The van der Waals surface area contributed by atoms with Crippen molar-refractivity contribution in [1.82, 2.24) is 10.1 Å². The Bertz CT molecular complexity index is 930. The van der Waals surface area contributed by atoms with Crippen LogP contribution >= 0.6 is 0 Å². The zero-order valence-electron chi connectivity index (χ0n) is 15.0. The Labute approximate surface area is 152 Å². The van der Waals surface area contributed by atoms with E-state index in [1.54, 1.807) is 0 Å². The number of hydrogen-bond acceptors (Lipinski definition) is 4. The van der Waals surface area contributed by atoms with Gasteiger partial charge in [0, 0.05) is 30.1 Å². The van der Waals surface area contributed by atoms with Crippen molar-refractivity contribution in [2.75, 3.05) is 4.90 Å².